The number of hydrogen-bond acceptors (Lipinski definition) is 4. The van der Waals surface area contributed by atoms with E-state index in [1.807, 2.05) is 19.3 Å². The molecule has 0 bridgehead atoms. The molecule has 0 aromatic carbocycles. The van der Waals surface area contributed by atoms with Crippen molar-refractivity contribution in [2.75, 3.05) is 13.1 Å². The third kappa shape index (κ3) is 4.65. The third-order valence-corrected chi connectivity index (χ3v) is 4.61. The molecule has 2 aromatic rings. The van der Waals surface area contributed by atoms with Crippen LogP contribution in [-0.4, -0.2) is 32.9 Å². The van der Waals surface area contributed by atoms with Gasteiger partial charge in [0.15, 0.2) is 0 Å². The van der Waals surface area contributed by atoms with E-state index >= 15 is 0 Å². The summed E-state index contributed by atoms with van der Waals surface area (Å²) in [6.07, 6.45) is 9.56. The summed E-state index contributed by atoms with van der Waals surface area (Å²) < 4.78 is 0. The van der Waals surface area contributed by atoms with Crippen molar-refractivity contribution in [3.8, 4) is 0 Å². The number of rotatable bonds is 7. The Morgan fingerprint density at radius 1 is 1.33 bits per heavy atom. The molecule has 0 saturated heterocycles. The van der Waals surface area contributed by atoms with E-state index in [0.717, 1.165) is 50.4 Å². The van der Waals surface area contributed by atoms with Gasteiger partial charge in [-0.2, -0.15) is 0 Å². The number of unbranched alkanes of at least 4 members (excludes halogenated alkanes) is 1. The number of pyridine rings is 1. The summed E-state index contributed by atoms with van der Waals surface area (Å²) >= 11 is 0. The largest absolute Gasteiger partial charge is 0.345 e. The zero-order chi connectivity index (χ0) is 16.1. The zero-order valence-electron chi connectivity index (χ0n) is 14.4. The fourth-order valence-electron chi connectivity index (χ4n) is 3.48. The van der Waals surface area contributed by atoms with Crippen LogP contribution in [-0.2, 0) is 13.0 Å². The highest BCUT2D eigenvalue weighted by atomic mass is 79.9. The molecule has 0 fully saturated rings. The molecule has 0 amide bonds. The predicted octanol–water partition coefficient (Wildman–Crippen LogP) is 3.31. The maximum Gasteiger partial charge on any atom is 0.120 e. The lowest BCUT2D eigenvalue weighted by Gasteiger charge is -2.34. The molecular weight excluding hydrogens is 366 g/mol. The maximum atomic E-state index is 5.68. The van der Waals surface area contributed by atoms with Gasteiger partial charge in [-0.25, -0.2) is 4.98 Å². The lowest BCUT2D eigenvalue weighted by molar-refractivity contribution is 0.159. The molecule has 1 aliphatic rings. The number of nitrogens with zero attached hydrogens (tertiary/aromatic N) is 3. The van der Waals surface area contributed by atoms with E-state index in [4.69, 9.17) is 10.7 Å². The molecule has 3 N–H and O–H groups in total. The molecule has 3 rings (SSSR count). The molecule has 0 saturated carbocycles. The molecule has 0 radical (unpaired) electrons. The van der Waals surface area contributed by atoms with Crippen LogP contribution >= 0.6 is 17.0 Å². The Morgan fingerprint density at radius 2 is 2.21 bits per heavy atom. The molecule has 0 spiro atoms. The van der Waals surface area contributed by atoms with Crippen LogP contribution in [0.5, 0.6) is 0 Å². The number of nitrogens with one attached hydrogen (secondary N) is 1. The predicted molar refractivity (Wildman–Crippen MR) is 102 cm³/mol. The number of halogens is 1. The van der Waals surface area contributed by atoms with E-state index in [2.05, 4.69) is 27.0 Å². The average Bonchev–Trinajstić information content (AvgIpc) is 2.99. The summed E-state index contributed by atoms with van der Waals surface area (Å²) in [6, 6.07) is 4.67. The van der Waals surface area contributed by atoms with E-state index < -0.39 is 0 Å². The minimum absolute atomic E-state index is 0. The molecule has 1 unspecified atom stereocenters. The van der Waals surface area contributed by atoms with Crippen molar-refractivity contribution in [1.29, 1.82) is 0 Å². The van der Waals surface area contributed by atoms with Crippen molar-refractivity contribution in [3.05, 3.63) is 47.3 Å². The van der Waals surface area contributed by atoms with Crippen LogP contribution in [0.2, 0.25) is 0 Å². The zero-order valence-corrected chi connectivity index (χ0v) is 16.1. The first-order valence-corrected chi connectivity index (χ1v) is 8.66. The number of aromatic nitrogens is 3. The van der Waals surface area contributed by atoms with E-state index in [0.29, 0.717) is 6.04 Å². The Hall–Kier alpha value is -1.24. The average molecular weight is 394 g/mol. The van der Waals surface area contributed by atoms with Crippen LogP contribution in [0.4, 0.5) is 0 Å². The second kappa shape index (κ2) is 9.30. The lowest BCUT2D eigenvalue weighted by Crippen LogP contribution is -2.33. The van der Waals surface area contributed by atoms with E-state index in [9.17, 15) is 0 Å². The Morgan fingerprint density at radius 3 is 2.96 bits per heavy atom. The van der Waals surface area contributed by atoms with Gasteiger partial charge in [-0.05, 0) is 63.7 Å². The molecule has 1 atom stereocenters. The Kier molecular flexibility index (Phi) is 7.40. The highest BCUT2D eigenvalue weighted by Crippen LogP contribution is 2.33. The fourth-order valence-corrected chi connectivity index (χ4v) is 3.48. The Bertz CT molecular complexity index is 627. The van der Waals surface area contributed by atoms with Gasteiger partial charge in [0.05, 0.1) is 18.3 Å². The van der Waals surface area contributed by atoms with Crippen LogP contribution in [0.3, 0.4) is 0 Å². The summed E-state index contributed by atoms with van der Waals surface area (Å²) in [5.74, 6) is 1.04. The van der Waals surface area contributed by atoms with Gasteiger partial charge in [-0.1, -0.05) is 6.07 Å². The number of imidazole rings is 1. The summed E-state index contributed by atoms with van der Waals surface area (Å²) in [4.78, 5) is 15.1. The van der Waals surface area contributed by atoms with Crippen LogP contribution in [0.1, 0.15) is 54.5 Å². The molecular formula is C18H28BrN5. The lowest BCUT2D eigenvalue weighted by atomic mass is 9.90. The number of nitrogens with two attached hydrogens (primary N) is 1. The van der Waals surface area contributed by atoms with Crippen LogP contribution in [0, 0.1) is 6.92 Å². The minimum atomic E-state index is 0. The first-order valence-electron chi connectivity index (χ1n) is 8.66. The number of fused-ring (bicyclic) bond motifs is 1. The fraction of sp³-hybridized carbons (Fsp3) is 0.556. The molecule has 5 nitrogen and oxygen atoms in total. The van der Waals surface area contributed by atoms with Gasteiger partial charge >= 0.3 is 0 Å². The van der Waals surface area contributed by atoms with Gasteiger partial charge in [-0.15, -0.1) is 17.0 Å². The van der Waals surface area contributed by atoms with Crippen LogP contribution < -0.4 is 5.73 Å². The SMILES string of the molecule is Br.Cc1cnc(CN(CCCCN)C2CCCc3cccnc32)[nH]1. The van der Waals surface area contributed by atoms with Crippen molar-refractivity contribution in [3.63, 3.8) is 0 Å². The Labute approximate surface area is 154 Å². The van der Waals surface area contributed by atoms with Gasteiger partial charge < -0.3 is 10.7 Å². The highest BCUT2D eigenvalue weighted by Gasteiger charge is 2.27. The van der Waals surface area contributed by atoms with E-state index in [1.54, 1.807) is 0 Å². The third-order valence-electron chi connectivity index (χ3n) is 4.61. The topological polar surface area (TPSA) is 70.8 Å². The molecule has 1 aliphatic carbocycles. The molecule has 24 heavy (non-hydrogen) atoms. The minimum Gasteiger partial charge on any atom is -0.345 e. The summed E-state index contributed by atoms with van der Waals surface area (Å²) in [7, 11) is 0. The number of aryl methyl sites for hydroxylation is 2. The summed E-state index contributed by atoms with van der Waals surface area (Å²) in [5, 5.41) is 0. The first-order chi connectivity index (χ1) is 11.3. The van der Waals surface area contributed by atoms with Crippen molar-refractivity contribution in [2.24, 2.45) is 5.73 Å². The number of hydrogen-bond donors (Lipinski definition) is 2. The maximum absolute atomic E-state index is 5.68. The van der Waals surface area contributed by atoms with Crippen molar-refractivity contribution >= 4 is 17.0 Å². The second-order valence-electron chi connectivity index (χ2n) is 6.43. The molecule has 2 heterocycles. The van der Waals surface area contributed by atoms with Crippen molar-refractivity contribution < 1.29 is 0 Å². The van der Waals surface area contributed by atoms with Crippen molar-refractivity contribution in [2.45, 2.75) is 51.6 Å². The van der Waals surface area contributed by atoms with Gasteiger partial charge in [-0.3, -0.25) is 9.88 Å². The Balaban J connectivity index is 0.00000208. The van der Waals surface area contributed by atoms with Crippen molar-refractivity contribution in [1.82, 2.24) is 19.9 Å². The van der Waals surface area contributed by atoms with E-state index in [-0.39, 0.29) is 17.0 Å². The molecule has 0 aliphatic heterocycles. The van der Waals surface area contributed by atoms with Crippen LogP contribution in [0.15, 0.2) is 24.5 Å². The molecule has 2 aromatic heterocycles. The second-order valence-corrected chi connectivity index (χ2v) is 6.43. The smallest absolute Gasteiger partial charge is 0.120 e. The number of H-pyrrole nitrogens is 1. The van der Waals surface area contributed by atoms with Gasteiger partial charge in [0.1, 0.15) is 5.82 Å². The molecule has 132 valence electrons. The monoisotopic (exact) mass is 393 g/mol. The quantitative estimate of drug-likeness (QED) is 0.707. The van der Waals surface area contributed by atoms with Gasteiger partial charge in [0.25, 0.3) is 0 Å². The van der Waals surface area contributed by atoms with Crippen LogP contribution in [0.25, 0.3) is 0 Å². The standard InChI is InChI=1S/C18H27N5.BrH/c1-14-12-21-17(22-14)13-23(11-3-2-9-19)16-8-4-6-15-7-5-10-20-18(15)16;/h5,7,10,12,16H,2-4,6,8-9,11,13,19H2,1H3,(H,21,22);1H. The van der Waals surface area contributed by atoms with Gasteiger partial charge in [0, 0.05) is 18.1 Å². The normalized spacial score (nSPS) is 16.7. The van der Waals surface area contributed by atoms with Gasteiger partial charge in [0.2, 0.25) is 0 Å². The molecule has 6 heteroatoms. The highest BCUT2D eigenvalue weighted by molar-refractivity contribution is 8.93. The first kappa shape index (κ1) is 19.1. The summed E-state index contributed by atoms with van der Waals surface area (Å²) in [6.45, 7) is 4.69. The number of aromatic amines is 1. The van der Waals surface area contributed by atoms with E-state index in [1.165, 1.54) is 24.1 Å². The summed E-state index contributed by atoms with van der Waals surface area (Å²) in [5.41, 5.74) is 9.46.